The van der Waals surface area contributed by atoms with Crippen molar-refractivity contribution in [1.82, 2.24) is 10.4 Å². The number of thioether (sulfide) groups is 1. The summed E-state index contributed by atoms with van der Waals surface area (Å²) in [5, 5.41) is 1.15. The lowest BCUT2D eigenvalue weighted by Crippen LogP contribution is -2.51. The first-order valence-electron chi connectivity index (χ1n) is 6.49. The zero-order chi connectivity index (χ0) is 14.4. The quantitative estimate of drug-likeness (QED) is 0.809. The van der Waals surface area contributed by atoms with Crippen LogP contribution < -0.4 is 5.43 Å². The average Bonchev–Trinajstić information content (AvgIpc) is 2.76. The molecule has 0 bridgehead atoms. The van der Waals surface area contributed by atoms with Gasteiger partial charge in [-0.25, -0.2) is 20.0 Å². The van der Waals surface area contributed by atoms with Crippen molar-refractivity contribution in [3.63, 3.8) is 0 Å². The molecule has 7 heteroatoms. The molecule has 0 aliphatic carbocycles. The molecule has 110 valence electrons. The third-order valence-corrected chi connectivity index (χ3v) is 3.64. The van der Waals surface area contributed by atoms with E-state index in [-0.39, 0.29) is 17.6 Å². The van der Waals surface area contributed by atoms with Gasteiger partial charge in [0.15, 0.2) is 0 Å². The van der Waals surface area contributed by atoms with Crippen LogP contribution in [0.15, 0.2) is 0 Å². The number of nitrogens with one attached hydrogen (secondary N) is 1. The summed E-state index contributed by atoms with van der Waals surface area (Å²) in [5.41, 5.74) is 2.47. The molecule has 0 aromatic carbocycles. The minimum atomic E-state index is -0.636. The van der Waals surface area contributed by atoms with Gasteiger partial charge in [0.25, 0.3) is 0 Å². The number of rotatable bonds is 3. The molecule has 1 aliphatic rings. The molecule has 1 rings (SSSR count). The summed E-state index contributed by atoms with van der Waals surface area (Å²) in [6, 6.07) is 0. The third kappa shape index (κ3) is 5.59. The van der Waals surface area contributed by atoms with E-state index in [1.54, 1.807) is 39.5 Å². The van der Waals surface area contributed by atoms with Crippen LogP contribution in [0.25, 0.3) is 0 Å². The average molecular weight is 290 g/mol. The molecule has 0 aromatic rings. The van der Waals surface area contributed by atoms with Gasteiger partial charge in [-0.15, -0.1) is 11.8 Å². The van der Waals surface area contributed by atoms with Crippen LogP contribution in [0.2, 0.25) is 0 Å². The second-order valence-corrected chi connectivity index (χ2v) is 6.12. The van der Waals surface area contributed by atoms with Crippen molar-refractivity contribution in [2.45, 2.75) is 58.1 Å². The van der Waals surface area contributed by atoms with E-state index in [4.69, 9.17) is 9.47 Å². The largest absolute Gasteiger partial charge is 0.446 e. The number of ether oxygens (including phenoxy) is 2. The Balaban J connectivity index is 2.63. The molecular weight excluding hydrogens is 268 g/mol. The number of hydrazine groups is 1. The zero-order valence-electron chi connectivity index (χ0n) is 11.8. The van der Waals surface area contributed by atoms with Gasteiger partial charge in [0.1, 0.15) is 5.37 Å². The highest BCUT2D eigenvalue weighted by atomic mass is 32.2. The van der Waals surface area contributed by atoms with Gasteiger partial charge < -0.3 is 9.47 Å². The van der Waals surface area contributed by atoms with Crippen molar-refractivity contribution in [3.8, 4) is 0 Å². The molecule has 0 spiro atoms. The zero-order valence-corrected chi connectivity index (χ0v) is 12.7. The van der Waals surface area contributed by atoms with Crippen LogP contribution in [-0.2, 0) is 9.47 Å². The molecule has 19 heavy (non-hydrogen) atoms. The molecule has 0 saturated carbocycles. The van der Waals surface area contributed by atoms with E-state index < -0.39 is 12.2 Å². The highest BCUT2D eigenvalue weighted by Crippen LogP contribution is 2.28. The summed E-state index contributed by atoms with van der Waals surface area (Å²) in [7, 11) is 0. The van der Waals surface area contributed by atoms with Gasteiger partial charge in [-0.3, -0.25) is 0 Å². The Morgan fingerprint density at radius 3 is 2.32 bits per heavy atom. The first-order valence-corrected chi connectivity index (χ1v) is 7.53. The molecule has 1 atom stereocenters. The Labute approximate surface area is 118 Å². The summed E-state index contributed by atoms with van der Waals surface area (Å²) in [6.07, 6.45) is 0.198. The Morgan fingerprint density at radius 1 is 1.21 bits per heavy atom. The van der Waals surface area contributed by atoms with Gasteiger partial charge in [0.05, 0.1) is 12.2 Å². The predicted octanol–water partition coefficient (Wildman–Crippen LogP) is 2.74. The highest BCUT2D eigenvalue weighted by Gasteiger charge is 2.31. The number of hydrogen-bond acceptors (Lipinski definition) is 5. The van der Waals surface area contributed by atoms with Gasteiger partial charge in [0, 0.05) is 0 Å². The maximum absolute atomic E-state index is 12.0. The molecule has 1 heterocycles. The molecule has 1 N–H and O–H groups in total. The molecule has 1 fully saturated rings. The Kier molecular flexibility index (Phi) is 6.27. The van der Waals surface area contributed by atoms with Crippen molar-refractivity contribution in [2.24, 2.45) is 0 Å². The van der Waals surface area contributed by atoms with Gasteiger partial charge in [0.2, 0.25) is 0 Å². The molecular formula is C12H22N2O4S. The fourth-order valence-corrected chi connectivity index (χ4v) is 2.82. The van der Waals surface area contributed by atoms with E-state index in [1.165, 1.54) is 5.01 Å². The fourth-order valence-electron chi connectivity index (χ4n) is 1.60. The highest BCUT2D eigenvalue weighted by molar-refractivity contribution is 8.00. The smallest absolute Gasteiger partial charge is 0.430 e. The lowest BCUT2D eigenvalue weighted by Gasteiger charge is -2.28. The molecule has 6 nitrogen and oxygen atoms in total. The molecule has 1 saturated heterocycles. The monoisotopic (exact) mass is 290 g/mol. The standard InChI is InChI=1S/C12H22N2O4S/c1-8(2)17-11(15)13-14(10-6-5-7-19-10)12(16)18-9(3)4/h8-10H,5-7H2,1-4H3,(H,13,15). The summed E-state index contributed by atoms with van der Waals surface area (Å²) >= 11 is 1.62. The van der Waals surface area contributed by atoms with E-state index in [0.717, 1.165) is 18.6 Å². The number of carbonyl (C=O) groups is 2. The normalized spacial score (nSPS) is 18.5. The van der Waals surface area contributed by atoms with Crippen LogP contribution in [0.4, 0.5) is 9.59 Å². The Bertz CT molecular complexity index is 317. The minimum Gasteiger partial charge on any atom is -0.446 e. The maximum atomic E-state index is 12.0. The van der Waals surface area contributed by atoms with Gasteiger partial charge in [-0.2, -0.15) is 0 Å². The molecule has 0 radical (unpaired) electrons. The van der Waals surface area contributed by atoms with Crippen LogP contribution in [0, 0.1) is 0 Å². The van der Waals surface area contributed by atoms with Crippen molar-refractivity contribution in [1.29, 1.82) is 0 Å². The van der Waals surface area contributed by atoms with Gasteiger partial charge >= 0.3 is 12.2 Å². The van der Waals surface area contributed by atoms with E-state index in [1.807, 2.05) is 0 Å². The van der Waals surface area contributed by atoms with Gasteiger partial charge in [-0.1, -0.05) is 0 Å². The third-order valence-electron chi connectivity index (χ3n) is 2.28. The number of hydrogen-bond donors (Lipinski definition) is 1. The summed E-state index contributed by atoms with van der Waals surface area (Å²) in [4.78, 5) is 23.6. The maximum Gasteiger partial charge on any atom is 0.430 e. The topological polar surface area (TPSA) is 67.9 Å². The van der Waals surface area contributed by atoms with Crippen LogP contribution in [-0.4, -0.2) is 40.5 Å². The molecule has 1 aliphatic heterocycles. The van der Waals surface area contributed by atoms with E-state index in [2.05, 4.69) is 5.43 Å². The second-order valence-electron chi connectivity index (χ2n) is 4.84. The van der Waals surface area contributed by atoms with Crippen molar-refractivity contribution in [3.05, 3.63) is 0 Å². The van der Waals surface area contributed by atoms with Crippen molar-refractivity contribution in [2.75, 3.05) is 5.75 Å². The first-order chi connectivity index (χ1) is 8.90. The van der Waals surface area contributed by atoms with E-state index >= 15 is 0 Å². The van der Waals surface area contributed by atoms with E-state index in [0.29, 0.717) is 0 Å². The Morgan fingerprint density at radius 2 is 1.84 bits per heavy atom. The second kappa shape index (κ2) is 7.47. The summed E-state index contributed by atoms with van der Waals surface area (Å²) < 4.78 is 10.1. The van der Waals surface area contributed by atoms with Crippen LogP contribution in [0.3, 0.4) is 0 Å². The summed E-state index contributed by atoms with van der Waals surface area (Å²) in [6.45, 7) is 7.04. The first kappa shape index (κ1) is 15.9. The van der Waals surface area contributed by atoms with Crippen molar-refractivity contribution < 1.29 is 19.1 Å². The predicted molar refractivity (Wildman–Crippen MR) is 73.7 cm³/mol. The Hall–Kier alpha value is -1.11. The van der Waals surface area contributed by atoms with Crippen LogP contribution >= 0.6 is 11.8 Å². The van der Waals surface area contributed by atoms with E-state index in [9.17, 15) is 9.59 Å². The lowest BCUT2D eigenvalue weighted by atomic mass is 10.3. The minimum absolute atomic E-state index is 0.0917. The van der Waals surface area contributed by atoms with Gasteiger partial charge in [-0.05, 0) is 46.3 Å². The molecule has 1 unspecified atom stereocenters. The van der Waals surface area contributed by atoms with Crippen LogP contribution in [0.1, 0.15) is 40.5 Å². The van der Waals surface area contributed by atoms with Crippen LogP contribution in [0.5, 0.6) is 0 Å². The fraction of sp³-hybridized carbons (Fsp3) is 0.833. The number of carbonyl (C=O) groups excluding carboxylic acids is 2. The SMILES string of the molecule is CC(C)OC(=O)NN(C(=O)OC(C)C)C1CCCS1. The lowest BCUT2D eigenvalue weighted by molar-refractivity contribution is 0.0431. The number of amides is 2. The molecule has 2 amide bonds. The molecule has 0 aromatic heterocycles. The number of nitrogens with zero attached hydrogens (tertiary/aromatic N) is 1. The van der Waals surface area contributed by atoms with Crippen molar-refractivity contribution >= 4 is 23.9 Å². The summed E-state index contributed by atoms with van der Waals surface area (Å²) in [5.74, 6) is 0.969.